The summed E-state index contributed by atoms with van der Waals surface area (Å²) in [5.74, 6) is 0.131. The van der Waals surface area contributed by atoms with E-state index in [1.807, 2.05) is 12.1 Å². The van der Waals surface area contributed by atoms with Gasteiger partial charge in [0.25, 0.3) is 0 Å². The number of nitrogens with two attached hydrogens (primary N) is 1. The van der Waals surface area contributed by atoms with Crippen molar-refractivity contribution in [2.45, 2.75) is 36.6 Å². The van der Waals surface area contributed by atoms with Crippen molar-refractivity contribution in [1.82, 2.24) is 0 Å². The number of rotatable bonds is 5. The molecule has 0 heterocycles. The van der Waals surface area contributed by atoms with Crippen LogP contribution >= 0.6 is 0 Å². The van der Waals surface area contributed by atoms with Gasteiger partial charge in [-0.15, -0.1) is 0 Å². The van der Waals surface area contributed by atoms with E-state index in [1.54, 1.807) is 19.1 Å². The van der Waals surface area contributed by atoms with E-state index in [-0.39, 0.29) is 11.3 Å². The maximum Gasteiger partial charge on any atom is 0.178 e. The van der Waals surface area contributed by atoms with Crippen LogP contribution in [0.4, 0.5) is 5.69 Å². The van der Waals surface area contributed by atoms with Gasteiger partial charge in [0.2, 0.25) is 0 Å². The van der Waals surface area contributed by atoms with Crippen LogP contribution in [0, 0.1) is 0 Å². The van der Waals surface area contributed by atoms with Crippen molar-refractivity contribution < 1.29 is 8.42 Å². The number of sulfone groups is 1. The van der Waals surface area contributed by atoms with Gasteiger partial charge in [0.1, 0.15) is 0 Å². The highest BCUT2D eigenvalue weighted by Crippen LogP contribution is 2.34. The second-order valence-corrected chi connectivity index (χ2v) is 7.17. The Morgan fingerprint density at radius 3 is 2.28 bits per heavy atom. The predicted molar refractivity (Wildman–Crippen MR) is 73.4 cm³/mol. The molecular formula is C13H20N2O2S. The topological polar surface area (TPSA) is 72.2 Å². The van der Waals surface area contributed by atoms with Gasteiger partial charge in [0.05, 0.1) is 10.6 Å². The quantitative estimate of drug-likeness (QED) is 0.853. The molecule has 0 bridgehead atoms. The molecule has 0 spiro atoms. The molecule has 0 aromatic heterocycles. The van der Waals surface area contributed by atoms with E-state index in [4.69, 9.17) is 5.73 Å². The van der Waals surface area contributed by atoms with E-state index < -0.39 is 9.84 Å². The summed E-state index contributed by atoms with van der Waals surface area (Å²) in [6.07, 6.45) is 3.36. The van der Waals surface area contributed by atoms with E-state index in [0.29, 0.717) is 11.4 Å². The Hall–Kier alpha value is -1.07. The van der Waals surface area contributed by atoms with Crippen molar-refractivity contribution in [3.05, 3.63) is 24.3 Å². The number of hydrogen-bond acceptors (Lipinski definition) is 4. The fourth-order valence-electron chi connectivity index (χ4n) is 2.20. The third-order valence-electron chi connectivity index (χ3n) is 3.70. The third kappa shape index (κ3) is 2.52. The Kier molecular flexibility index (Phi) is 3.64. The molecule has 4 nitrogen and oxygen atoms in total. The average molecular weight is 268 g/mol. The Morgan fingerprint density at radius 2 is 1.89 bits per heavy atom. The second kappa shape index (κ2) is 4.90. The van der Waals surface area contributed by atoms with Crippen molar-refractivity contribution in [2.75, 3.05) is 17.6 Å². The molecule has 1 fully saturated rings. The summed E-state index contributed by atoms with van der Waals surface area (Å²) in [6.45, 7) is 2.27. The lowest BCUT2D eigenvalue weighted by atomic mass is 9.76. The Balaban J connectivity index is 2.13. The van der Waals surface area contributed by atoms with Crippen LogP contribution in [0.1, 0.15) is 26.2 Å². The summed E-state index contributed by atoms with van der Waals surface area (Å²) in [6, 6.07) is 6.95. The van der Waals surface area contributed by atoms with Crippen LogP contribution in [0.2, 0.25) is 0 Å². The zero-order chi connectivity index (χ0) is 13.2. The molecule has 0 saturated heterocycles. The van der Waals surface area contributed by atoms with Gasteiger partial charge in [0, 0.05) is 17.8 Å². The molecular weight excluding hydrogens is 248 g/mol. The third-order valence-corrected chi connectivity index (χ3v) is 5.45. The van der Waals surface area contributed by atoms with E-state index in [2.05, 4.69) is 5.32 Å². The molecule has 1 aromatic rings. The first-order valence-corrected chi connectivity index (χ1v) is 7.98. The van der Waals surface area contributed by atoms with Crippen LogP contribution in [-0.4, -0.2) is 26.3 Å². The zero-order valence-electron chi connectivity index (χ0n) is 10.6. The minimum absolute atomic E-state index is 0.0190. The Labute approximate surface area is 108 Å². The fraction of sp³-hybridized carbons (Fsp3) is 0.538. The maximum absolute atomic E-state index is 11.7. The maximum atomic E-state index is 11.7. The van der Waals surface area contributed by atoms with Gasteiger partial charge in [0.15, 0.2) is 9.84 Å². The van der Waals surface area contributed by atoms with Gasteiger partial charge in [-0.1, -0.05) is 6.92 Å². The molecule has 3 N–H and O–H groups in total. The summed E-state index contributed by atoms with van der Waals surface area (Å²) in [5.41, 5.74) is 6.74. The molecule has 0 amide bonds. The highest BCUT2D eigenvalue weighted by atomic mass is 32.2. The first-order valence-electron chi connectivity index (χ1n) is 6.32. The van der Waals surface area contributed by atoms with Gasteiger partial charge in [-0.3, -0.25) is 0 Å². The van der Waals surface area contributed by atoms with Gasteiger partial charge in [-0.25, -0.2) is 8.42 Å². The number of hydrogen-bond donors (Lipinski definition) is 2. The van der Waals surface area contributed by atoms with Crippen molar-refractivity contribution >= 4 is 15.5 Å². The predicted octanol–water partition coefficient (Wildman–Crippen LogP) is 1.77. The van der Waals surface area contributed by atoms with Crippen LogP contribution in [0.15, 0.2) is 29.2 Å². The summed E-state index contributed by atoms with van der Waals surface area (Å²) in [7, 11) is -3.11. The monoisotopic (exact) mass is 268 g/mol. The van der Waals surface area contributed by atoms with Crippen molar-refractivity contribution in [1.29, 1.82) is 0 Å². The molecule has 1 aliphatic rings. The van der Waals surface area contributed by atoms with E-state index in [0.717, 1.165) is 18.5 Å². The molecule has 0 aliphatic heterocycles. The fourth-order valence-corrected chi connectivity index (χ4v) is 3.09. The zero-order valence-corrected chi connectivity index (χ0v) is 11.5. The molecule has 5 heteroatoms. The van der Waals surface area contributed by atoms with Crippen LogP contribution in [0.25, 0.3) is 0 Å². The van der Waals surface area contributed by atoms with Crippen molar-refractivity contribution in [2.24, 2.45) is 5.73 Å². The number of nitrogens with one attached hydrogen (secondary N) is 1. The van der Waals surface area contributed by atoms with E-state index in [9.17, 15) is 8.42 Å². The normalized spacial score (nSPS) is 18.1. The molecule has 1 aliphatic carbocycles. The van der Waals surface area contributed by atoms with Gasteiger partial charge in [-0.2, -0.15) is 0 Å². The Morgan fingerprint density at radius 1 is 1.28 bits per heavy atom. The molecule has 2 rings (SSSR count). The standard InChI is InChI=1S/C13H20N2O2S/c1-2-18(16,17)12-6-4-11(5-7-12)15-13(10-14)8-3-9-13/h4-7,15H,2-3,8-10,14H2,1H3. The minimum Gasteiger partial charge on any atom is -0.378 e. The van der Waals surface area contributed by atoms with Crippen LogP contribution in [0.3, 0.4) is 0 Å². The highest BCUT2D eigenvalue weighted by molar-refractivity contribution is 7.91. The van der Waals surface area contributed by atoms with Crippen LogP contribution < -0.4 is 11.1 Å². The summed E-state index contributed by atoms with van der Waals surface area (Å²) >= 11 is 0. The molecule has 0 atom stereocenters. The van der Waals surface area contributed by atoms with Crippen molar-refractivity contribution in [3.63, 3.8) is 0 Å². The summed E-state index contributed by atoms with van der Waals surface area (Å²) in [5, 5.41) is 3.42. The molecule has 0 radical (unpaired) electrons. The minimum atomic E-state index is -3.11. The molecule has 100 valence electrons. The summed E-state index contributed by atoms with van der Waals surface area (Å²) in [4.78, 5) is 0.381. The van der Waals surface area contributed by atoms with E-state index >= 15 is 0 Å². The van der Waals surface area contributed by atoms with Gasteiger partial charge >= 0.3 is 0 Å². The van der Waals surface area contributed by atoms with Crippen LogP contribution in [-0.2, 0) is 9.84 Å². The lowest BCUT2D eigenvalue weighted by molar-refractivity contribution is 0.287. The first-order chi connectivity index (χ1) is 8.51. The Bertz CT molecular complexity index is 499. The molecule has 1 saturated carbocycles. The lowest BCUT2D eigenvalue weighted by Crippen LogP contribution is -2.51. The van der Waals surface area contributed by atoms with Crippen LogP contribution in [0.5, 0.6) is 0 Å². The lowest BCUT2D eigenvalue weighted by Gasteiger charge is -2.42. The van der Waals surface area contributed by atoms with Gasteiger partial charge < -0.3 is 11.1 Å². The first kappa shape index (κ1) is 13.4. The highest BCUT2D eigenvalue weighted by Gasteiger charge is 2.35. The molecule has 0 unspecified atom stereocenters. The largest absolute Gasteiger partial charge is 0.378 e. The van der Waals surface area contributed by atoms with Gasteiger partial charge in [-0.05, 0) is 43.5 Å². The summed E-state index contributed by atoms with van der Waals surface area (Å²) < 4.78 is 23.4. The molecule has 18 heavy (non-hydrogen) atoms. The van der Waals surface area contributed by atoms with Crippen molar-refractivity contribution in [3.8, 4) is 0 Å². The smallest absolute Gasteiger partial charge is 0.178 e. The average Bonchev–Trinajstić information content (AvgIpc) is 2.34. The number of benzene rings is 1. The second-order valence-electron chi connectivity index (χ2n) is 4.89. The number of anilines is 1. The SMILES string of the molecule is CCS(=O)(=O)c1ccc(NC2(CN)CCC2)cc1. The molecule has 1 aromatic carbocycles. The van der Waals surface area contributed by atoms with E-state index in [1.165, 1.54) is 6.42 Å².